The van der Waals surface area contributed by atoms with Gasteiger partial charge in [0.15, 0.2) is 0 Å². The Bertz CT molecular complexity index is 173. The van der Waals surface area contributed by atoms with Gasteiger partial charge in [-0.05, 0) is 32.2 Å². The van der Waals surface area contributed by atoms with Crippen molar-refractivity contribution in [3.8, 4) is 0 Å². The van der Waals surface area contributed by atoms with Gasteiger partial charge in [0.2, 0.25) is 0 Å². The predicted octanol–water partition coefficient (Wildman–Crippen LogP) is 1.16. The molecule has 0 saturated carbocycles. The third-order valence-electron chi connectivity index (χ3n) is 2.85. The van der Waals surface area contributed by atoms with E-state index in [0.29, 0.717) is 5.92 Å². The molecule has 1 heterocycles. The Morgan fingerprint density at radius 3 is 2.79 bits per heavy atom. The van der Waals surface area contributed by atoms with Crippen molar-refractivity contribution in [2.24, 2.45) is 5.92 Å². The van der Waals surface area contributed by atoms with Crippen molar-refractivity contribution in [3.63, 3.8) is 0 Å². The van der Waals surface area contributed by atoms with Crippen molar-refractivity contribution in [1.82, 2.24) is 5.32 Å². The van der Waals surface area contributed by atoms with E-state index in [1.54, 1.807) is 0 Å². The van der Waals surface area contributed by atoms with Crippen LogP contribution in [0.4, 0.5) is 0 Å². The van der Waals surface area contributed by atoms with Gasteiger partial charge >= 0.3 is 0 Å². The van der Waals surface area contributed by atoms with Gasteiger partial charge in [0.25, 0.3) is 0 Å². The van der Waals surface area contributed by atoms with Crippen LogP contribution in [0.3, 0.4) is 0 Å². The molecular weight excluding hydrogens is 178 g/mol. The van der Waals surface area contributed by atoms with Crippen LogP contribution in [-0.2, 0) is 4.74 Å². The Kier molecular flexibility index (Phi) is 4.35. The molecule has 0 aromatic heterocycles. The first-order valence-corrected chi connectivity index (χ1v) is 5.55. The van der Waals surface area contributed by atoms with E-state index in [1.165, 1.54) is 0 Å². The van der Waals surface area contributed by atoms with Crippen molar-refractivity contribution < 1.29 is 9.84 Å². The Labute approximate surface area is 86.8 Å². The summed E-state index contributed by atoms with van der Waals surface area (Å²) in [7, 11) is 0. The number of hydrogen-bond donors (Lipinski definition) is 2. The zero-order valence-electron chi connectivity index (χ0n) is 9.55. The number of aliphatic hydroxyl groups excluding tert-OH is 1. The van der Waals surface area contributed by atoms with E-state index in [-0.39, 0.29) is 18.2 Å². The fraction of sp³-hybridized carbons (Fsp3) is 1.00. The summed E-state index contributed by atoms with van der Waals surface area (Å²) in [5.74, 6) is 0.622. The summed E-state index contributed by atoms with van der Waals surface area (Å²) in [6.07, 6.45) is 2.09. The minimum Gasteiger partial charge on any atom is -0.394 e. The van der Waals surface area contributed by atoms with Crippen LogP contribution in [0, 0.1) is 5.92 Å². The lowest BCUT2D eigenvalue weighted by atomic mass is 9.87. The van der Waals surface area contributed by atoms with Gasteiger partial charge in [0, 0.05) is 12.1 Å². The van der Waals surface area contributed by atoms with E-state index in [1.807, 2.05) is 0 Å². The first-order valence-electron chi connectivity index (χ1n) is 5.55. The molecule has 2 unspecified atom stereocenters. The van der Waals surface area contributed by atoms with Crippen LogP contribution < -0.4 is 5.32 Å². The SMILES string of the molecule is CC(C)CNC1(CO)CCOC(C)C1. The molecule has 0 aromatic rings. The third kappa shape index (κ3) is 3.23. The molecule has 2 N–H and O–H groups in total. The summed E-state index contributed by atoms with van der Waals surface area (Å²) in [4.78, 5) is 0. The average molecular weight is 201 g/mol. The summed E-state index contributed by atoms with van der Waals surface area (Å²) >= 11 is 0. The highest BCUT2D eigenvalue weighted by atomic mass is 16.5. The van der Waals surface area contributed by atoms with Crippen molar-refractivity contribution in [3.05, 3.63) is 0 Å². The summed E-state index contributed by atoms with van der Waals surface area (Å²) in [6.45, 7) is 8.37. The topological polar surface area (TPSA) is 41.5 Å². The van der Waals surface area contributed by atoms with E-state index in [9.17, 15) is 5.11 Å². The van der Waals surface area contributed by atoms with Gasteiger partial charge in [-0.25, -0.2) is 0 Å². The van der Waals surface area contributed by atoms with Gasteiger partial charge in [0.1, 0.15) is 0 Å². The second-order valence-corrected chi connectivity index (χ2v) is 4.85. The number of ether oxygens (including phenoxy) is 1. The Morgan fingerprint density at radius 1 is 1.57 bits per heavy atom. The first kappa shape index (κ1) is 12.0. The molecule has 1 aliphatic rings. The number of aliphatic hydroxyl groups is 1. The van der Waals surface area contributed by atoms with Crippen molar-refractivity contribution in [2.75, 3.05) is 19.8 Å². The molecule has 2 atom stereocenters. The summed E-state index contributed by atoms with van der Waals surface area (Å²) < 4.78 is 5.49. The minimum absolute atomic E-state index is 0.0953. The smallest absolute Gasteiger partial charge is 0.0615 e. The van der Waals surface area contributed by atoms with Gasteiger partial charge in [-0.2, -0.15) is 0 Å². The average Bonchev–Trinajstić information content (AvgIpc) is 2.15. The van der Waals surface area contributed by atoms with Crippen LogP contribution in [0.15, 0.2) is 0 Å². The molecule has 0 radical (unpaired) electrons. The molecule has 14 heavy (non-hydrogen) atoms. The lowest BCUT2D eigenvalue weighted by molar-refractivity contribution is -0.0365. The summed E-state index contributed by atoms with van der Waals surface area (Å²) in [5, 5.41) is 12.9. The maximum atomic E-state index is 9.45. The number of rotatable bonds is 4. The molecule has 0 aromatic carbocycles. The van der Waals surface area contributed by atoms with E-state index in [4.69, 9.17) is 4.74 Å². The van der Waals surface area contributed by atoms with Crippen LogP contribution in [0.25, 0.3) is 0 Å². The molecule has 3 nitrogen and oxygen atoms in total. The fourth-order valence-electron chi connectivity index (χ4n) is 1.95. The normalized spacial score (nSPS) is 33.6. The van der Waals surface area contributed by atoms with Gasteiger partial charge in [-0.3, -0.25) is 0 Å². The maximum Gasteiger partial charge on any atom is 0.0615 e. The largest absolute Gasteiger partial charge is 0.394 e. The van der Waals surface area contributed by atoms with E-state index in [2.05, 4.69) is 26.1 Å². The molecule has 0 amide bonds. The summed E-state index contributed by atoms with van der Waals surface area (Å²) in [6, 6.07) is 0. The molecular formula is C11H23NO2. The van der Waals surface area contributed by atoms with Crippen molar-refractivity contribution in [2.45, 2.75) is 45.3 Å². The molecule has 0 bridgehead atoms. The standard InChI is InChI=1S/C11H23NO2/c1-9(2)7-12-11(8-13)4-5-14-10(3)6-11/h9-10,12-13H,4-8H2,1-3H3. The molecule has 0 spiro atoms. The lowest BCUT2D eigenvalue weighted by Crippen LogP contribution is -2.54. The minimum atomic E-state index is -0.0953. The second kappa shape index (κ2) is 5.10. The van der Waals surface area contributed by atoms with Crippen molar-refractivity contribution in [1.29, 1.82) is 0 Å². The van der Waals surface area contributed by atoms with E-state index >= 15 is 0 Å². The van der Waals surface area contributed by atoms with Gasteiger partial charge in [-0.1, -0.05) is 13.8 Å². The Hall–Kier alpha value is -0.120. The molecule has 1 rings (SSSR count). The third-order valence-corrected chi connectivity index (χ3v) is 2.85. The highest BCUT2D eigenvalue weighted by Gasteiger charge is 2.34. The summed E-state index contributed by atoms with van der Waals surface area (Å²) in [5.41, 5.74) is -0.0953. The van der Waals surface area contributed by atoms with Gasteiger partial charge in [-0.15, -0.1) is 0 Å². The van der Waals surface area contributed by atoms with Crippen molar-refractivity contribution >= 4 is 0 Å². The van der Waals surface area contributed by atoms with Crippen LogP contribution in [-0.4, -0.2) is 36.5 Å². The van der Waals surface area contributed by atoms with Crippen LogP contribution in [0.5, 0.6) is 0 Å². The second-order valence-electron chi connectivity index (χ2n) is 4.85. The van der Waals surface area contributed by atoms with Crippen LogP contribution in [0.2, 0.25) is 0 Å². The quantitative estimate of drug-likeness (QED) is 0.717. The fourth-order valence-corrected chi connectivity index (χ4v) is 1.95. The van der Waals surface area contributed by atoms with Crippen LogP contribution >= 0.6 is 0 Å². The molecule has 1 saturated heterocycles. The first-order chi connectivity index (χ1) is 6.58. The highest BCUT2D eigenvalue weighted by Crippen LogP contribution is 2.24. The molecule has 1 aliphatic heterocycles. The predicted molar refractivity (Wildman–Crippen MR) is 57.3 cm³/mol. The highest BCUT2D eigenvalue weighted by molar-refractivity contribution is 4.92. The van der Waals surface area contributed by atoms with E-state index < -0.39 is 0 Å². The zero-order chi connectivity index (χ0) is 10.6. The molecule has 1 fully saturated rings. The van der Waals surface area contributed by atoms with E-state index in [0.717, 1.165) is 26.0 Å². The zero-order valence-corrected chi connectivity index (χ0v) is 9.55. The molecule has 84 valence electrons. The van der Waals surface area contributed by atoms with Crippen LogP contribution in [0.1, 0.15) is 33.6 Å². The molecule has 0 aliphatic carbocycles. The number of nitrogens with one attached hydrogen (secondary N) is 1. The monoisotopic (exact) mass is 201 g/mol. The Balaban J connectivity index is 2.47. The number of hydrogen-bond acceptors (Lipinski definition) is 3. The Morgan fingerprint density at radius 2 is 2.29 bits per heavy atom. The van der Waals surface area contributed by atoms with Gasteiger partial charge < -0.3 is 15.2 Å². The maximum absolute atomic E-state index is 9.45. The lowest BCUT2D eigenvalue weighted by Gasteiger charge is -2.40. The van der Waals surface area contributed by atoms with Gasteiger partial charge in [0.05, 0.1) is 12.7 Å². The molecule has 3 heteroatoms.